The highest BCUT2D eigenvalue weighted by Crippen LogP contribution is 2.62. The Morgan fingerprint density at radius 3 is 2.10 bits per heavy atom. The number of fused-ring (bicyclic) bond motifs is 8. The lowest BCUT2D eigenvalue weighted by Crippen LogP contribution is -2.64. The largest absolute Gasteiger partial charge is 0.335 e. The topological polar surface area (TPSA) is 9.72 Å². The number of rotatable bonds is 5. The lowest BCUT2D eigenvalue weighted by molar-refractivity contribution is 0.195. The van der Waals surface area contributed by atoms with E-state index in [1.165, 1.54) is 109 Å². The van der Waals surface area contributed by atoms with Crippen LogP contribution in [-0.4, -0.2) is 12.3 Å². The second-order valence-corrected chi connectivity index (χ2v) is 20.1. The van der Waals surface area contributed by atoms with Crippen molar-refractivity contribution >= 4 is 79.4 Å². The highest BCUT2D eigenvalue weighted by Gasteiger charge is 2.61. The van der Waals surface area contributed by atoms with Gasteiger partial charge in [-0.05, 0) is 136 Å². The van der Waals surface area contributed by atoms with Crippen LogP contribution in [0.25, 0.3) is 21.9 Å². The Morgan fingerprint density at radius 2 is 1.27 bits per heavy atom. The molecular weight excluding hydrogens is 761 g/mol. The Bertz CT molecular complexity index is 3120. The van der Waals surface area contributed by atoms with E-state index in [9.17, 15) is 0 Å². The summed E-state index contributed by atoms with van der Waals surface area (Å²) in [4.78, 5) is 7.90. The Balaban J connectivity index is 1.13. The van der Waals surface area contributed by atoms with Crippen molar-refractivity contribution in [3.05, 3.63) is 187 Å². The monoisotopic (exact) mass is 815 g/mol. The minimum atomic E-state index is -0.00155. The molecule has 308 valence electrons. The number of hydrogen-bond donors (Lipinski definition) is 0. The van der Waals surface area contributed by atoms with E-state index in [0.717, 1.165) is 17.1 Å². The molecule has 0 aromatic heterocycles. The summed E-state index contributed by atoms with van der Waals surface area (Å²) in [6.07, 6.45) is 4.97. The smallest absolute Gasteiger partial charge is 0.252 e. The van der Waals surface area contributed by atoms with E-state index in [2.05, 4.69) is 226 Å². The van der Waals surface area contributed by atoms with E-state index < -0.39 is 0 Å². The van der Waals surface area contributed by atoms with Gasteiger partial charge in [0.15, 0.2) is 0 Å². The average Bonchev–Trinajstić information content (AvgIpc) is 3.51. The molecule has 3 nitrogen and oxygen atoms in total. The van der Waals surface area contributed by atoms with Gasteiger partial charge in [0.25, 0.3) is 6.71 Å². The molecule has 1 saturated carbocycles. The summed E-state index contributed by atoms with van der Waals surface area (Å²) in [5.74, 6) is 0. The maximum absolute atomic E-state index is 2.83. The third-order valence-electron chi connectivity index (χ3n) is 15.6. The van der Waals surface area contributed by atoms with Gasteiger partial charge in [-0.2, -0.15) is 0 Å². The van der Waals surface area contributed by atoms with Gasteiger partial charge in [-0.25, -0.2) is 0 Å². The van der Waals surface area contributed by atoms with Gasteiger partial charge in [0.1, 0.15) is 0 Å². The molecule has 0 radical (unpaired) electrons. The fourth-order valence-electron chi connectivity index (χ4n) is 12.3. The van der Waals surface area contributed by atoms with Crippen LogP contribution in [0.5, 0.6) is 0 Å². The zero-order valence-electron chi connectivity index (χ0n) is 37.4. The highest BCUT2D eigenvalue weighted by atomic mass is 15.3. The summed E-state index contributed by atoms with van der Waals surface area (Å²) in [5.41, 5.74) is 20.9. The van der Waals surface area contributed by atoms with Gasteiger partial charge < -0.3 is 14.7 Å². The lowest BCUT2D eigenvalue weighted by Gasteiger charge is -2.52. The number of anilines is 8. The van der Waals surface area contributed by atoms with Crippen LogP contribution in [0.3, 0.4) is 0 Å². The van der Waals surface area contributed by atoms with Gasteiger partial charge in [-0.1, -0.05) is 156 Å². The van der Waals surface area contributed by atoms with Crippen molar-refractivity contribution in [1.29, 1.82) is 0 Å². The molecule has 0 amide bonds. The molecule has 4 aliphatic rings. The van der Waals surface area contributed by atoms with E-state index in [1.807, 2.05) is 0 Å². The number of nitrogens with zero attached hydrogens (tertiary/aromatic N) is 3. The maximum atomic E-state index is 2.83. The Labute approximate surface area is 373 Å². The summed E-state index contributed by atoms with van der Waals surface area (Å²) >= 11 is 0. The van der Waals surface area contributed by atoms with Crippen LogP contribution in [0.4, 0.5) is 45.5 Å². The van der Waals surface area contributed by atoms with E-state index >= 15 is 0 Å². The summed E-state index contributed by atoms with van der Waals surface area (Å²) in [6.45, 7) is 14.4. The quantitative estimate of drug-likeness (QED) is 0.160. The van der Waals surface area contributed by atoms with Crippen LogP contribution < -0.4 is 31.1 Å². The fourth-order valence-corrected chi connectivity index (χ4v) is 12.3. The predicted octanol–water partition coefficient (Wildman–Crippen LogP) is 13.9. The van der Waals surface area contributed by atoms with Gasteiger partial charge in [0.05, 0.1) is 11.2 Å². The molecule has 12 rings (SSSR count). The van der Waals surface area contributed by atoms with Crippen molar-refractivity contribution in [2.75, 3.05) is 14.7 Å². The molecule has 8 aromatic rings. The molecule has 63 heavy (non-hydrogen) atoms. The van der Waals surface area contributed by atoms with E-state index in [4.69, 9.17) is 0 Å². The second kappa shape index (κ2) is 13.7. The average molecular weight is 816 g/mol. The van der Waals surface area contributed by atoms with Crippen LogP contribution in [0.1, 0.15) is 77.0 Å². The van der Waals surface area contributed by atoms with Gasteiger partial charge in [0, 0.05) is 50.8 Å². The van der Waals surface area contributed by atoms with Crippen LogP contribution in [0.2, 0.25) is 0 Å². The van der Waals surface area contributed by atoms with Gasteiger partial charge >= 0.3 is 0 Å². The van der Waals surface area contributed by atoms with Crippen molar-refractivity contribution < 1.29 is 0 Å². The standard InChI is InChI=1S/C59H54BN3/c1-39-36-53-55-54(37-39)63-56-48(58(5)34-14-15-35-59(58,63)6)25-17-26-50(56)60(55)49-33-32-44(38-52(49)62(53)42-20-8-7-9-21-42)61(43-30-28-41(29-31-43)57(2,3)4)51-27-13-12-23-47(51)46-24-16-19-40-18-10-11-22-45(40)46/h7-13,16-33,36-38H,14-15,34-35H2,1-6H3. The molecule has 3 heterocycles. The fraction of sp³-hybridized carbons (Fsp3) is 0.220. The molecular formula is C59H54BN3. The molecule has 3 aliphatic heterocycles. The van der Waals surface area contributed by atoms with Crippen molar-refractivity contribution in [2.24, 2.45) is 0 Å². The van der Waals surface area contributed by atoms with Gasteiger partial charge in [-0.15, -0.1) is 0 Å². The zero-order valence-corrected chi connectivity index (χ0v) is 37.4. The first-order chi connectivity index (χ1) is 30.5. The first kappa shape index (κ1) is 38.2. The number of benzene rings is 8. The van der Waals surface area contributed by atoms with E-state index in [0.29, 0.717) is 0 Å². The predicted molar refractivity (Wildman–Crippen MR) is 270 cm³/mol. The minimum Gasteiger partial charge on any atom is -0.335 e. The van der Waals surface area contributed by atoms with E-state index in [-0.39, 0.29) is 23.1 Å². The van der Waals surface area contributed by atoms with Gasteiger partial charge in [-0.3, -0.25) is 0 Å². The van der Waals surface area contributed by atoms with E-state index in [1.54, 1.807) is 0 Å². The first-order valence-corrected chi connectivity index (χ1v) is 23.1. The third-order valence-corrected chi connectivity index (χ3v) is 15.6. The Morgan fingerprint density at radius 1 is 0.587 bits per heavy atom. The number of hydrogen-bond acceptors (Lipinski definition) is 3. The maximum Gasteiger partial charge on any atom is 0.252 e. The first-order valence-electron chi connectivity index (χ1n) is 23.1. The van der Waals surface area contributed by atoms with Crippen molar-refractivity contribution in [3.63, 3.8) is 0 Å². The molecule has 8 aromatic carbocycles. The molecule has 1 fully saturated rings. The normalized spacial score (nSPS) is 19.4. The van der Waals surface area contributed by atoms with Crippen molar-refractivity contribution in [1.82, 2.24) is 0 Å². The molecule has 2 atom stereocenters. The molecule has 0 spiro atoms. The highest BCUT2D eigenvalue weighted by molar-refractivity contribution is 7.00. The Kier molecular flexibility index (Phi) is 8.33. The van der Waals surface area contributed by atoms with Crippen LogP contribution in [0, 0.1) is 6.92 Å². The molecule has 2 unspecified atom stereocenters. The zero-order chi connectivity index (χ0) is 42.8. The summed E-state index contributed by atoms with van der Waals surface area (Å²) in [5, 5.41) is 2.50. The molecule has 4 heteroatoms. The van der Waals surface area contributed by atoms with Crippen LogP contribution >= 0.6 is 0 Å². The summed E-state index contributed by atoms with van der Waals surface area (Å²) in [7, 11) is 0. The molecule has 0 saturated heterocycles. The number of aryl methyl sites for hydroxylation is 1. The van der Waals surface area contributed by atoms with Crippen molar-refractivity contribution in [2.45, 2.75) is 83.6 Å². The SMILES string of the molecule is Cc1cc2c3c(c1)N1c4c(cccc4C4(C)CCCCC14C)B3c1ccc(N(c3ccc(C(C)(C)C)cc3)c3ccccc3-c3cccc4ccccc34)cc1N2c1ccccc1. The Hall–Kier alpha value is -6.52. The number of para-hydroxylation sites is 3. The molecule has 1 aliphatic carbocycles. The minimum absolute atomic E-state index is 0.00155. The summed E-state index contributed by atoms with van der Waals surface area (Å²) in [6, 6.07) is 64.4. The van der Waals surface area contributed by atoms with Gasteiger partial charge in [0.2, 0.25) is 0 Å². The lowest BCUT2D eigenvalue weighted by atomic mass is 9.33. The van der Waals surface area contributed by atoms with Crippen LogP contribution in [0.15, 0.2) is 170 Å². The second-order valence-electron chi connectivity index (χ2n) is 20.1. The molecule has 0 N–H and O–H groups in total. The molecule has 0 bridgehead atoms. The van der Waals surface area contributed by atoms with Crippen molar-refractivity contribution in [3.8, 4) is 11.1 Å². The summed E-state index contributed by atoms with van der Waals surface area (Å²) < 4.78 is 0. The van der Waals surface area contributed by atoms with Crippen LogP contribution in [-0.2, 0) is 10.8 Å². The third kappa shape index (κ3) is 5.46.